The van der Waals surface area contributed by atoms with Crippen LogP contribution in [0, 0.1) is 5.41 Å². The van der Waals surface area contributed by atoms with E-state index in [1.54, 1.807) is 0 Å². The normalized spacial score (nSPS) is 12.2. The molecule has 0 spiro atoms. The Morgan fingerprint density at radius 3 is 2.21 bits per heavy atom. The van der Waals surface area contributed by atoms with Crippen LogP contribution >= 0.6 is 0 Å². The van der Waals surface area contributed by atoms with Crippen LogP contribution in [0.25, 0.3) is 6.08 Å². The molecule has 0 aliphatic rings. The van der Waals surface area contributed by atoms with E-state index in [1.807, 2.05) is 24.3 Å². The number of hydrogen-bond donors (Lipinski definition) is 1. The lowest BCUT2D eigenvalue weighted by atomic mass is 9.92. The first-order valence-electron chi connectivity index (χ1n) is 4.99. The minimum Gasteiger partial charge on any atom is -0.399 e. The Hall–Kier alpha value is -1.24. The van der Waals surface area contributed by atoms with Gasteiger partial charge in [-0.3, -0.25) is 0 Å². The van der Waals surface area contributed by atoms with Gasteiger partial charge in [-0.15, -0.1) is 0 Å². The predicted octanol–water partition coefficient (Wildman–Crippen LogP) is 3.72. The first-order valence-corrected chi connectivity index (χ1v) is 4.99. The fraction of sp³-hybridized carbons (Fsp3) is 0.385. The average Bonchev–Trinajstić information content (AvgIpc) is 2.06. The molecule has 1 aromatic carbocycles. The standard InChI is InChI=1S/C13H19N/c1-13(2,3)10-4-5-11-6-8-12(14)9-7-11/h4-9H,10,14H2,1-3H3/b5-4+. The Bertz CT molecular complexity index is 301. The first kappa shape index (κ1) is 10.8. The molecule has 0 saturated carbocycles. The smallest absolute Gasteiger partial charge is 0.0314 e. The fourth-order valence-electron chi connectivity index (χ4n) is 1.16. The molecule has 1 nitrogen and oxygen atoms in total. The Kier molecular flexibility index (Phi) is 3.34. The van der Waals surface area contributed by atoms with E-state index in [0.717, 1.165) is 12.1 Å². The summed E-state index contributed by atoms with van der Waals surface area (Å²) in [5.74, 6) is 0. The second-order valence-corrected chi connectivity index (χ2v) is 4.83. The van der Waals surface area contributed by atoms with E-state index in [0.29, 0.717) is 5.41 Å². The van der Waals surface area contributed by atoms with Crippen LogP contribution in [0.1, 0.15) is 32.8 Å². The molecular formula is C13H19N. The van der Waals surface area contributed by atoms with Crippen LogP contribution in [0.3, 0.4) is 0 Å². The maximum Gasteiger partial charge on any atom is 0.0314 e. The molecule has 0 atom stereocenters. The number of nitrogen functional groups attached to an aromatic ring is 1. The third-order valence-corrected chi connectivity index (χ3v) is 1.98. The van der Waals surface area contributed by atoms with Gasteiger partial charge in [0, 0.05) is 5.69 Å². The average molecular weight is 189 g/mol. The third-order valence-electron chi connectivity index (χ3n) is 1.98. The van der Waals surface area contributed by atoms with Crippen molar-refractivity contribution in [2.75, 3.05) is 5.73 Å². The van der Waals surface area contributed by atoms with Crippen molar-refractivity contribution in [2.45, 2.75) is 27.2 Å². The van der Waals surface area contributed by atoms with Crippen LogP contribution in [-0.4, -0.2) is 0 Å². The molecule has 0 unspecified atom stereocenters. The lowest BCUT2D eigenvalue weighted by Gasteiger charge is -2.14. The Labute approximate surface area is 86.6 Å². The summed E-state index contributed by atoms with van der Waals surface area (Å²) in [4.78, 5) is 0. The van der Waals surface area contributed by atoms with E-state index < -0.39 is 0 Å². The SMILES string of the molecule is CC(C)(C)C/C=C/c1ccc(N)cc1. The molecule has 76 valence electrons. The van der Waals surface area contributed by atoms with E-state index in [-0.39, 0.29) is 0 Å². The monoisotopic (exact) mass is 189 g/mol. The maximum atomic E-state index is 5.60. The van der Waals surface area contributed by atoms with Crippen LogP contribution in [0.15, 0.2) is 30.3 Å². The molecule has 0 fully saturated rings. The molecule has 0 radical (unpaired) electrons. The highest BCUT2D eigenvalue weighted by atomic mass is 14.5. The van der Waals surface area contributed by atoms with Crippen LogP contribution in [0.5, 0.6) is 0 Å². The lowest BCUT2D eigenvalue weighted by Crippen LogP contribution is -2.01. The molecule has 0 bridgehead atoms. The molecule has 2 N–H and O–H groups in total. The summed E-state index contributed by atoms with van der Waals surface area (Å²) in [5.41, 5.74) is 7.99. The van der Waals surface area contributed by atoms with Crippen LogP contribution in [0.2, 0.25) is 0 Å². The molecule has 0 aliphatic heterocycles. The highest BCUT2D eigenvalue weighted by Gasteiger charge is 2.05. The van der Waals surface area contributed by atoms with Crippen molar-refractivity contribution < 1.29 is 0 Å². The summed E-state index contributed by atoms with van der Waals surface area (Å²) in [6, 6.07) is 7.93. The van der Waals surface area contributed by atoms with Gasteiger partial charge in [-0.05, 0) is 29.5 Å². The van der Waals surface area contributed by atoms with Gasteiger partial charge in [0.15, 0.2) is 0 Å². The Balaban J connectivity index is 2.57. The van der Waals surface area contributed by atoms with Crippen LogP contribution in [0.4, 0.5) is 5.69 Å². The number of hydrogen-bond acceptors (Lipinski definition) is 1. The molecule has 0 heterocycles. The molecule has 1 rings (SSSR count). The van der Waals surface area contributed by atoms with E-state index >= 15 is 0 Å². The molecule has 0 amide bonds. The zero-order valence-corrected chi connectivity index (χ0v) is 9.25. The Morgan fingerprint density at radius 2 is 1.71 bits per heavy atom. The van der Waals surface area contributed by atoms with Crippen molar-refractivity contribution in [3.63, 3.8) is 0 Å². The van der Waals surface area contributed by atoms with Gasteiger partial charge >= 0.3 is 0 Å². The summed E-state index contributed by atoms with van der Waals surface area (Å²) < 4.78 is 0. The van der Waals surface area contributed by atoms with Gasteiger partial charge in [-0.25, -0.2) is 0 Å². The largest absolute Gasteiger partial charge is 0.399 e. The number of anilines is 1. The zero-order chi connectivity index (χ0) is 10.6. The summed E-state index contributed by atoms with van der Waals surface area (Å²) in [7, 11) is 0. The molecule has 14 heavy (non-hydrogen) atoms. The predicted molar refractivity (Wildman–Crippen MR) is 64.0 cm³/mol. The number of rotatable bonds is 2. The van der Waals surface area contributed by atoms with Gasteiger partial charge in [0.2, 0.25) is 0 Å². The first-order chi connectivity index (χ1) is 6.47. The quantitative estimate of drug-likeness (QED) is 0.705. The molecule has 1 heteroatoms. The lowest BCUT2D eigenvalue weighted by molar-refractivity contribution is 0.421. The van der Waals surface area contributed by atoms with E-state index in [9.17, 15) is 0 Å². The van der Waals surface area contributed by atoms with Crippen molar-refractivity contribution in [1.29, 1.82) is 0 Å². The molecule has 0 aliphatic carbocycles. The second kappa shape index (κ2) is 4.32. The maximum absolute atomic E-state index is 5.60. The van der Waals surface area contributed by atoms with Gasteiger partial charge in [-0.2, -0.15) is 0 Å². The summed E-state index contributed by atoms with van der Waals surface area (Å²) in [5, 5.41) is 0. The van der Waals surface area contributed by atoms with Gasteiger partial charge in [0.05, 0.1) is 0 Å². The topological polar surface area (TPSA) is 26.0 Å². The summed E-state index contributed by atoms with van der Waals surface area (Å²) in [6.07, 6.45) is 5.45. The van der Waals surface area contributed by atoms with Crippen LogP contribution in [-0.2, 0) is 0 Å². The van der Waals surface area contributed by atoms with E-state index in [2.05, 4.69) is 32.9 Å². The van der Waals surface area contributed by atoms with Crippen molar-refractivity contribution in [2.24, 2.45) is 5.41 Å². The molecule has 1 aromatic rings. The van der Waals surface area contributed by atoms with Crippen molar-refractivity contribution in [1.82, 2.24) is 0 Å². The van der Waals surface area contributed by atoms with Gasteiger partial charge in [-0.1, -0.05) is 45.1 Å². The van der Waals surface area contributed by atoms with Crippen molar-refractivity contribution in [3.8, 4) is 0 Å². The summed E-state index contributed by atoms with van der Waals surface area (Å²) >= 11 is 0. The zero-order valence-electron chi connectivity index (χ0n) is 9.25. The van der Waals surface area contributed by atoms with E-state index in [1.165, 1.54) is 5.56 Å². The fourth-order valence-corrected chi connectivity index (χ4v) is 1.16. The van der Waals surface area contributed by atoms with Crippen molar-refractivity contribution >= 4 is 11.8 Å². The minimum absolute atomic E-state index is 0.365. The second-order valence-electron chi connectivity index (χ2n) is 4.83. The number of nitrogens with two attached hydrogens (primary N) is 1. The van der Waals surface area contributed by atoms with Crippen molar-refractivity contribution in [3.05, 3.63) is 35.9 Å². The van der Waals surface area contributed by atoms with E-state index in [4.69, 9.17) is 5.73 Å². The third kappa shape index (κ3) is 4.13. The molecule has 0 saturated heterocycles. The highest BCUT2D eigenvalue weighted by Crippen LogP contribution is 2.19. The highest BCUT2D eigenvalue weighted by molar-refractivity contribution is 5.53. The molecular weight excluding hydrogens is 170 g/mol. The Morgan fingerprint density at radius 1 is 1.14 bits per heavy atom. The van der Waals surface area contributed by atoms with Gasteiger partial charge in [0.25, 0.3) is 0 Å². The van der Waals surface area contributed by atoms with Gasteiger partial charge in [0.1, 0.15) is 0 Å². The number of benzene rings is 1. The minimum atomic E-state index is 0.365. The van der Waals surface area contributed by atoms with Crippen LogP contribution < -0.4 is 5.73 Å². The van der Waals surface area contributed by atoms with Gasteiger partial charge < -0.3 is 5.73 Å². The number of allylic oxidation sites excluding steroid dienone is 1. The summed E-state index contributed by atoms with van der Waals surface area (Å²) in [6.45, 7) is 6.71. The molecule has 0 aromatic heterocycles.